The van der Waals surface area contributed by atoms with Crippen LogP contribution in [0.2, 0.25) is 5.02 Å². The van der Waals surface area contributed by atoms with E-state index < -0.39 is 17.6 Å². The summed E-state index contributed by atoms with van der Waals surface area (Å²) in [5.41, 5.74) is 3.37. The highest BCUT2D eigenvalue weighted by molar-refractivity contribution is 6.39. The van der Waals surface area contributed by atoms with Crippen molar-refractivity contribution in [2.75, 3.05) is 24.4 Å². The maximum Gasteiger partial charge on any atom is 0.329 e. The fourth-order valence-electron chi connectivity index (χ4n) is 2.75. The van der Waals surface area contributed by atoms with E-state index in [4.69, 9.17) is 21.1 Å². The van der Waals surface area contributed by atoms with E-state index in [0.29, 0.717) is 11.3 Å². The summed E-state index contributed by atoms with van der Waals surface area (Å²) in [5, 5.41) is 8.85. The SMILES string of the molecule is COc1cc(/C=N\NC(=O)C(=O)Nc2ccc(F)cc2)cc(Cl)c1OCC(=O)Nc1ccccc1. The van der Waals surface area contributed by atoms with Crippen LogP contribution in [0, 0.1) is 5.82 Å². The van der Waals surface area contributed by atoms with Crippen molar-refractivity contribution in [2.24, 2.45) is 5.10 Å². The Kier molecular flexibility index (Phi) is 8.74. The predicted molar refractivity (Wildman–Crippen MR) is 129 cm³/mol. The van der Waals surface area contributed by atoms with E-state index in [-0.39, 0.29) is 34.7 Å². The maximum atomic E-state index is 12.9. The standard InChI is InChI=1S/C24H20ClFN4O5/c1-34-20-12-15(13-27-30-24(33)23(32)29-18-9-7-16(26)8-10-18)11-19(25)22(20)35-14-21(31)28-17-5-3-2-4-6-17/h2-13H,14H2,1H3,(H,28,31)(H,29,32)(H,30,33)/b27-13-. The number of amides is 3. The van der Waals surface area contributed by atoms with Crippen LogP contribution in [-0.4, -0.2) is 37.7 Å². The Morgan fingerprint density at radius 2 is 1.66 bits per heavy atom. The number of carbonyl (C=O) groups excluding carboxylic acids is 3. The molecule has 0 saturated carbocycles. The second kappa shape index (κ2) is 12.1. The number of hydrogen-bond acceptors (Lipinski definition) is 6. The van der Waals surface area contributed by atoms with Gasteiger partial charge in [-0.15, -0.1) is 0 Å². The lowest BCUT2D eigenvalue weighted by molar-refractivity contribution is -0.136. The molecule has 3 amide bonds. The van der Waals surface area contributed by atoms with E-state index in [2.05, 4.69) is 21.2 Å². The lowest BCUT2D eigenvalue weighted by Gasteiger charge is -2.13. The van der Waals surface area contributed by atoms with Gasteiger partial charge in [0.1, 0.15) is 5.82 Å². The van der Waals surface area contributed by atoms with Crippen molar-refractivity contribution in [1.82, 2.24) is 5.43 Å². The zero-order chi connectivity index (χ0) is 25.2. The average Bonchev–Trinajstić information content (AvgIpc) is 2.85. The number of rotatable bonds is 8. The molecule has 0 spiro atoms. The third-order valence-electron chi connectivity index (χ3n) is 4.34. The van der Waals surface area contributed by atoms with Crippen molar-refractivity contribution in [3.63, 3.8) is 0 Å². The minimum atomic E-state index is -1.03. The molecule has 0 aliphatic rings. The Labute approximate surface area is 204 Å². The van der Waals surface area contributed by atoms with Gasteiger partial charge in [0, 0.05) is 11.4 Å². The first-order valence-corrected chi connectivity index (χ1v) is 10.5. The highest BCUT2D eigenvalue weighted by atomic mass is 35.5. The topological polar surface area (TPSA) is 118 Å². The Bertz CT molecular complexity index is 1240. The van der Waals surface area contributed by atoms with Crippen molar-refractivity contribution >= 4 is 46.9 Å². The van der Waals surface area contributed by atoms with Gasteiger partial charge in [0.05, 0.1) is 18.3 Å². The zero-order valence-electron chi connectivity index (χ0n) is 18.4. The van der Waals surface area contributed by atoms with Gasteiger partial charge in [0.25, 0.3) is 5.91 Å². The number of nitrogens with zero attached hydrogens (tertiary/aromatic N) is 1. The van der Waals surface area contributed by atoms with Gasteiger partial charge in [-0.1, -0.05) is 29.8 Å². The predicted octanol–water partition coefficient (Wildman–Crippen LogP) is 3.59. The summed E-state index contributed by atoms with van der Waals surface area (Å²) in [5.74, 6) is -2.50. The van der Waals surface area contributed by atoms with E-state index in [1.807, 2.05) is 6.07 Å². The fourth-order valence-corrected chi connectivity index (χ4v) is 3.02. The number of hydrazone groups is 1. The van der Waals surface area contributed by atoms with E-state index >= 15 is 0 Å². The average molecular weight is 499 g/mol. The first kappa shape index (κ1) is 25.2. The molecule has 180 valence electrons. The van der Waals surface area contributed by atoms with Gasteiger partial charge in [-0.3, -0.25) is 14.4 Å². The summed E-state index contributed by atoms with van der Waals surface area (Å²) < 4.78 is 23.7. The van der Waals surface area contributed by atoms with Gasteiger partial charge in [-0.25, -0.2) is 9.82 Å². The quantitative estimate of drug-likeness (QED) is 0.249. The molecule has 0 radical (unpaired) electrons. The van der Waals surface area contributed by atoms with Crippen LogP contribution in [-0.2, 0) is 14.4 Å². The molecule has 3 N–H and O–H groups in total. The summed E-state index contributed by atoms with van der Waals surface area (Å²) in [4.78, 5) is 35.9. The second-order valence-corrected chi connectivity index (χ2v) is 7.30. The van der Waals surface area contributed by atoms with Gasteiger partial charge in [0.15, 0.2) is 18.1 Å². The monoisotopic (exact) mass is 498 g/mol. The van der Waals surface area contributed by atoms with Crippen LogP contribution >= 0.6 is 11.6 Å². The normalized spacial score (nSPS) is 10.5. The molecule has 11 heteroatoms. The molecule has 3 aromatic carbocycles. The number of anilines is 2. The van der Waals surface area contributed by atoms with Crippen LogP contribution in [0.25, 0.3) is 0 Å². The largest absolute Gasteiger partial charge is 0.493 e. The number of carbonyl (C=O) groups is 3. The Morgan fingerprint density at radius 1 is 0.971 bits per heavy atom. The fraction of sp³-hybridized carbons (Fsp3) is 0.0833. The van der Waals surface area contributed by atoms with Crippen molar-refractivity contribution in [2.45, 2.75) is 0 Å². The first-order chi connectivity index (χ1) is 16.9. The molecular formula is C24H20ClFN4O5. The van der Waals surface area contributed by atoms with Crippen molar-refractivity contribution < 1.29 is 28.2 Å². The molecule has 0 fully saturated rings. The summed E-state index contributed by atoms with van der Waals surface area (Å²) >= 11 is 6.27. The molecule has 0 unspecified atom stereocenters. The smallest absolute Gasteiger partial charge is 0.329 e. The molecule has 0 aliphatic carbocycles. The summed E-state index contributed by atoms with van der Waals surface area (Å²) in [6.45, 7) is -0.308. The van der Waals surface area contributed by atoms with E-state index in [1.165, 1.54) is 37.6 Å². The molecule has 0 aliphatic heterocycles. The van der Waals surface area contributed by atoms with Gasteiger partial charge < -0.3 is 20.1 Å². The molecule has 3 rings (SSSR count). The Balaban J connectivity index is 1.57. The Hall–Kier alpha value is -4.44. The number of nitrogens with one attached hydrogen (secondary N) is 3. The number of ether oxygens (including phenoxy) is 2. The molecule has 0 heterocycles. The van der Waals surface area contributed by atoms with Crippen LogP contribution in [0.1, 0.15) is 5.56 Å². The van der Waals surface area contributed by atoms with Crippen LogP contribution in [0.5, 0.6) is 11.5 Å². The number of hydrogen-bond donors (Lipinski definition) is 3. The highest BCUT2D eigenvalue weighted by Gasteiger charge is 2.15. The minimum absolute atomic E-state index is 0.138. The van der Waals surface area contributed by atoms with Crippen LogP contribution in [0.3, 0.4) is 0 Å². The zero-order valence-corrected chi connectivity index (χ0v) is 19.1. The Morgan fingerprint density at radius 3 is 2.34 bits per heavy atom. The minimum Gasteiger partial charge on any atom is -0.493 e. The van der Waals surface area contributed by atoms with E-state index in [1.54, 1.807) is 24.3 Å². The van der Waals surface area contributed by atoms with Crippen molar-refractivity contribution in [3.05, 3.63) is 83.1 Å². The number of halogens is 2. The first-order valence-electron chi connectivity index (χ1n) is 10.1. The van der Waals surface area contributed by atoms with E-state index in [0.717, 1.165) is 12.1 Å². The molecule has 0 atom stereocenters. The van der Waals surface area contributed by atoms with Crippen molar-refractivity contribution in [1.29, 1.82) is 0 Å². The molecule has 3 aromatic rings. The van der Waals surface area contributed by atoms with Gasteiger partial charge in [0.2, 0.25) is 0 Å². The molecule has 0 aromatic heterocycles. The second-order valence-electron chi connectivity index (χ2n) is 6.90. The third-order valence-corrected chi connectivity index (χ3v) is 4.63. The van der Waals surface area contributed by atoms with Crippen LogP contribution < -0.4 is 25.5 Å². The molecule has 0 saturated heterocycles. The molecular weight excluding hydrogens is 479 g/mol. The lowest BCUT2D eigenvalue weighted by atomic mass is 10.2. The molecule has 0 bridgehead atoms. The van der Waals surface area contributed by atoms with Gasteiger partial charge in [-0.2, -0.15) is 5.10 Å². The summed E-state index contributed by atoms with van der Waals surface area (Å²) in [7, 11) is 1.39. The highest BCUT2D eigenvalue weighted by Crippen LogP contribution is 2.36. The maximum absolute atomic E-state index is 12.9. The number of methoxy groups -OCH3 is 1. The summed E-state index contributed by atoms with van der Waals surface area (Å²) in [6, 6.07) is 16.8. The summed E-state index contributed by atoms with van der Waals surface area (Å²) in [6.07, 6.45) is 1.24. The van der Waals surface area contributed by atoms with Gasteiger partial charge >= 0.3 is 11.8 Å². The number of para-hydroxylation sites is 1. The van der Waals surface area contributed by atoms with Crippen LogP contribution in [0.15, 0.2) is 71.8 Å². The molecule has 9 nitrogen and oxygen atoms in total. The lowest BCUT2D eigenvalue weighted by Crippen LogP contribution is -2.32. The van der Waals surface area contributed by atoms with E-state index in [9.17, 15) is 18.8 Å². The number of benzene rings is 3. The van der Waals surface area contributed by atoms with Crippen molar-refractivity contribution in [3.8, 4) is 11.5 Å². The molecule has 35 heavy (non-hydrogen) atoms. The van der Waals surface area contributed by atoms with Crippen LogP contribution in [0.4, 0.5) is 15.8 Å². The van der Waals surface area contributed by atoms with Gasteiger partial charge in [-0.05, 0) is 54.1 Å². The third kappa shape index (κ3) is 7.54.